The number of nitrogens with zero attached hydrogens (tertiary/aromatic N) is 1. The van der Waals surface area contributed by atoms with Crippen molar-refractivity contribution in [3.63, 3.8) is 0 Å². The fourth-order valence-electron chi connectivity index (χ4n) is 1.94. The van der Waals surface area contributed by atoms with E-state index in [0.29, 0.717) is 6.54 Å². The Bertz CT molecular complexity index is 342. The summed E-state index contributed by atoms with van der Waals surface area (Å²) in [7, 11) is 1.99. The van der Waals surface area contributed by atoms with Crippen molar-refractivity contribution in [2.45, 2.75) is 33.1 Å². The maximum atomic E-state index is 12.0. The minimum absolute atomic E-state index is 0.212. The minimum Gasteiger partial charge on any atom is -0.299 e. The van der Waals surface area contributed by atoms with Crippen LogP contribution in [-0.4, -0.2) is 30.8 Å². The van der Waals surface area contributed by atoms with Crippen molar-refractivity contribution in [3.05, 3.63) is 35.4 Å². The monoisotopic (exact) mass is 233 g/mol. The van der Waals surface area contributed by atoms with Gasteiger partial charge in [-0.2, -0.15) is 0 Å². The molecule has 0 aliphatic carbocycles. The van der Waals surface area contributed by atoms with E-state index < -0.39 is 0 Å². The molecule has 0 spiro atoms. The first kappa shape index (κ1) is 13.9. The quantitative estimate of drug-likeness (QED) is 0.674. The van der Waals surface area contributed by atoms with Gasteiger partial charge in [-0.3, -0.25) is 9.69 Å². The number of carbonyl (C=O) groups is 1. The van der Waals surface area contributed by atoms with Crippen molar-refractivity contribution >= 4 is 5.78 Å². The summed E-state index contributed by atoms with van der Waals surface area (Å²) in [6, 6.07) is 8.04. The number of hydrogen-bond acceptors (Lipinski definition) is 2. The summed E-state index contributed by atoms with van der Waals surface area (Å²) in [6.45, 7) is 5.78. The van der Waals surface area contributed by atoms with Crippen LogP contribution >= 0.6 is 0 Å². The van der Waals surface area contributed by atoms with Crippen molar-refractivity contribution in [2.75, 3.05) is 20.1 Å². The van der Waals surface area contributed by atoms with Gasteiger partial charge in [-0.05, 0) is 32.0 Å². The van der Waals surface area contributed by atoms with Crippen molar-refractivity contribution < 1.29 is 4.79 Å². The fourth-order valence-corrected chi connectivity index (χ4v) is 1.94. The molecule has 1 rings (SSSR count). The molecule has 0 heterocycles. The highest BCUT2D eigenvalue weighted by atomic mass is 16.1. The van der Waals surface area contributed by atoms with Gasteiger partial charge in [0.25, 0.3) is 0 Å². The maximum Gasteiger partial charge on any atom is 0.176 e. The van der Waals surface area contributed by atoms with Gasteiger partial charge in [0.15, 0.2) is 5.78 Å². The molecule has 17 heavy (non-hydrogen) atoms. The zero-order chi connectivity index (χ0) is 12.7. The number of rotatable bonds is 7. The third-order valence-electron chi connectivity index (χ3n) is 2.83. The van der Waals surface area contributed by atoms with Crippen molar-refractivity contribution in [2.24, 2.45) is 0 Å². The molecule has 0 saturated heterocycles. The van der Waals surface area contributed by atoms with Gasteiger partial charge in [0, 0.05) is 5.56 Å². The second-order valence-corrected chi connectivity index (χ2v) is 4.61. The largest absolute Gasteiger partial charge is 0.299 e. The summed E-state index contributed by atoms with van der Waals surface area (Å²) in [4.78, 5) is 14.0. The van der Waals surface area contributed by atoms with Crippen LogP contribution < -0.4 is 0 Å². The average Bonchev–Trinajstić information content (AvgIpc) is 2.30. The molecule has 0 aliphatic rings. The smallest absolute Gasteiger partial charge is 0.176 e. The molecular formula is C15H23NO. The highest BCUT2D eigenvalue weighted by Crippen LogP contribution is 2.08. The number of benzene rings is 1. The molecule has 0 N–H and O–H groups in total. The summed E-state index contributed by atoms with van der Waals surface area (Å²) < 4.78 is 0. The summed E-state index contributed by atoms with van der Waals surface area (Å²) >= 11 is 0. The molecule has 1 aromatic carbocycles. The lowest BCUT2D eigenvalue weighted by atomic mass is 10.1. The van der Waals surface area contributed by atoms with Gasteiger partial charge in [0.05, 0.1) is 6.54 Å². The summed E-state index contributed by atoms with van der Waals surface area (Å²) in [5.41, 5.74) is 2.14. The van der Waals surface area contributed by atoms with Crippen LogP contribution in [0.4, 0.5) is 0 Å². The van der Waals surface area contributed by atoms with Crippen molar-refractivity contribution in [1.82, 2.24) is 4.90 Å². The molecule has 0 radical (unpaired) electrons. The predicted octanol–water partition coefficient (Wildman–Crippen LogP) is 3.16. The normalized spacial score (nSPS) is 10.8. The lowest BCUT2D eigenvalue weighted by Gasteiger charge is -2.14. The zero-order valence-electron chi connectivity index (χ0n) is 11.2. The van der Waals surface area contributed by atoms with E-state index in [0.717, 1.165) is 31.4 Å². The van der Waals surface area contributed by atoms with E-state index in [9.17, 15) is 4.79 Å². The van der Waals surface area contributed by atoms with E-state index in [1.807, 2.05) is 19.2 Å². The van der Waals surface area contributed by atoms with Crippen molar-refractivity contribution in [1.29, 1.82) is 0 Å². The molecule has 0 bridgehead atoms. The molecule has 0 unspecified atom stereocenters. The van der Waals surface area contributed by atoms with E-state index in [1.54, 1.807) is 0 Å². The van der Waals surface area contributed by atoms with Crippen LogP contribution in [0.25, 0.3) is 0 Å². The Hall–Kier alpha value is -1.15. The number of hydrogen-bond donors (Lipinski definition) is 0. The van der Waals surface area contributed by atoms with E-state index >= 15 is 0 Å². The Morgan fingerprint density at radius 2 is 1.76 bits per heavy atom. The molecule has 2 nitrogen and oxygen atoms in total. The average molecular weight is 233 g/mol. The van der Waals surface area contributed by atoms with Crippen molar-refractivity contribution in [3.8, 4) is 0 Å². The Morgan fingerprint density at radius 3 is 2.29 bits per heavy atom. The van der Waals surface area contributed by atoms with E-state index in [2.05, 4.69) is 30.9 Å². The highest BCUT2D eigenvalue weighted by Gasteiger charge is 2.08. The Balaban J connectivity index is 2.57. The van der Waals surface area contributed by atoms with Crippen LogP contribution in [0.1, 0.15) is 42.6 Å². The maximum absolute atomic E-state index is 12.0. The van der Waals surface area contributed by atoms with Gasteiger partial charge in [0.1, 0.15) is 0 Å². The molecule has 0 atom stereocenters. The summed E-state index contributed by atoms with van der Waals surface area (Å²) in [5, 5.41) is 0. The van der Waals surface area contributed by atoms with Gasteiger partial charge < -0.3 is 0 Å². The lowest BCUT2D eigenvalue weighted by molar-refractivity contribution is 0.0946. The Kier molecular flexibility index (Phi) is 5.92. The summed E-state index contributed by atoms with van der Waals surface area (Å²) in [6.07, 6.45) is 3.32. The van der Waals surface area contributed by atoms with Crippen LogP contribution in [0.15, 0.2) is 24.3 Å². The first-order chi connectivity index (χ1) is 8.17. The summed E-state index contributed by atoms with van der Waals surface area (Å²) in [5.74, 6) is 0.212. The molecule has 0 aromatic heterocycles. The molecule has 94 valence electrons. The number of aryl methyl sites for hydroxylation is 1. The van der Waals surface area contributed by atoms with Crippen LogP contribution in [0.5, 0.6) is 0 Å². The Morgan fingerprint density at radius 1 is 1.12 bits per heavy atom. The number of Topliss-reactive ketones (excluding diaryl/α,β-unsaturated/α-hetero) is 1. The minimum atomic E-state index is 0.212. The predicted molar refractivity (Wildman–Crippen MR) is 72.6 cm³/mol. The molecule has 2 heteroatoms. The molecule has 0 aliphatic heterocycles. The molecular weight excluding hydrogens is 210 g/mol. The Labute approximate surface area is 105 Å². The van der Waals surface area contributed by atoms with Crippen LogP contribution in [0.2, 0.25) is 0 Å². The molecule has 0 amide bonds. The first-order valence-corrected chi connectivity index (χ1v) is 6.48. The van der Waals surface area contributed by atoms with E-state index in [4.69, 9.17) is 0 Å². The zero-order valence-corrected chi connectivity index (χ0v) is 11.2. The molecule has 1 aromatic rings. The lowest BCUT2D eigenvalue weighted by Crippen LogP contribution is -2.26. The van der Waals surface area contributed by atoms with Gasteiger partial charge >= 0.3 is 0 Å². The van der Waals surface area contributed by atoms with Gasteiger partial charge in [-0.15, -0.1) is 0 Å². The third-order valence-corrected chi connectivity index (χ3v) is 2.83. The fraction of sp³-hybridized carbons (Fsp3) is 0.533. The topological polar surface area (TPSA) is 20.3 Å². The van der Waals surface area contributed by atoms with Crippen LogP contribution in [-0.2, 0) is 6.42 Å². The molecule has 0 saturated carbocycles. The van der Waals surface area contributed by atoms with Gasteiger partial charge in [0.2, 0.25) is 0 Å². The highest BCUT2D eigenvalue weighted by molar-refractivity contribution is 5.97. The number of ketones is 1. The van der Waals surface area contributed by atoms with Gasteiger partial charge in [-0.25, -0.2) is 0 Å². The standard InChI is InChI=1S/C15H23NO/c1-4-6-13-7-9-14(10-8-13)15(17)12-16(3)11-5-2/h7-10H,4-6,11-12H2,1-3H3. The van der Waals surface area contributed by atoms with Crippen LogP contribution in [0, 0.1) is 0 Å². The molecule has 0 fully saturated rings. The third kappa shape index (κ3) is 4.70. The van der Waals surface area contributed by atoms with Gasteiger partial charge in [-0.1, -0.05) is 44.5 Å². The van der Waals surface area contributed by atoms with E-state index in [1.165, 1.54) is 5.56 Å². The second-order valence-electron chi connectivity index (χ2n) is 4.61. The SMILES string of the molecule is CCCc1ccc(C(=O)CN(C)CCC)cc1. The van der Waals surface area contributed by atoms with E-state index in [-0.39, 0.29) is 5.78 Å². The number of likely N-dealkylation sites (N-methyl/N-ethyl adjacent to an activating group) is 1. The first-order valence-electron chi connectivity index (χ1n) is 6.48. The number of carbonyl (C=O) groups excluding carboxylic acids is 1. The second kappa shape index (κ2) is 7.23. The van der Waals surface area contributed by atoms with Crippen LogP contribution in [0.3, 0.4) is 0 Å².